The van der Waals surface area contributed by atoms with E-state index in [9.17, 15) is 18.8 Å². The number of hydrogen-bond donors (Lipinski definition) is 2. The third kappa shape index (κ3) is 4.63. The summed E-state index contributed by atoms with van der Waals surface area (Å²) in [5.41, 5.74) is 1.00. The number of aromatic amines is 1. The predicted molar refractivity (Wildman–Crippen MR) is 114 cm³/mol. The highest BCUT2D eigenvalue weighted by Crippen LogP contribution is 2.18. The van der Waals surface area contributed by atoms with Gasteiger partial charge in [-0.1, -0.05) is 24.3 Å². The van der Waals surface area contributed by atoms with E-state index in [1.807, 2.05) is 12.1 Å². The molecule has 2 N–H and O–H groups in total. The average Bonchev–Trinajstić information content (AvgIpc) is 2.78. The van der Waals surface area contributed by atoms with Crippen molar-refractivity contribution in [3.8, 4) is 0 Å². The molecule has 3 aromatic rings. The molecule has 1 saturated heterocycles. The van der Waals surface area contributed by atoms with E-state index in [1.54, 1.807) is 23.1 Å². The van der Waals surface area contributed by atoms with Crippen molar-refractivity contribution in [2.24, 2.45) is 0 Å². The number of aromatic nitrogens is 2. The zero-order valence-electron chi connectivity index (χ0n) is 17.0. The van der Waals surface area contributed by atoms with Crippen LogP contribution in [0.3, 0.4) is 0 Å². The first-order valence-electron chi connectivity index (χ1n) is 10.3. The lowest BCUT2D eigenvalue weighted by atomic mass is 10.0. The molecule has 1 aliphatic heterocycles. The molecule has 0 bridgehead atoms. The number of halogens is 1. The molecule has 2 heterocycles. The summed E-state index contributed by atoms with van der Waals surface area (Å²) in [4.78, 5) is 38.1. The van der Waals surface area contributed by atoms with Crippen LogP contribution in [0.2, 0.25) is 0 Å². The number of nitrogens with zero attached hydrogens (tertiary/aromatic N) is 2. The van der Waals surface area contributed by atoms with Gasteiger partial charge in [0.15, 0.2) is 0 Å². The Morgan fingerprint density at radius 2 is 1.94 bits per heavy atom. The average molecular weight is 422 g/mol. The predicted octanol–water partition coefficient (Wildman–Crippen LogP) is 2.40. The van der Waals surface area contributed by atoms with Crippen LogP contribution in [0.4, 0.5) is 4.39 Å². The molecular formula is C23H23FN4O3. The highest BCUT2D eigenvalue weighted by Gasteiger charge is 2.18. The number of carbonyl (C=O) groups is 2. The van der Waals surface area contributed by atoms with Crippen molar-refractivity contribution in [3.63, 3.8) is 0 Å². The number of H-pyrrole nitrogens is 1. The second kappa shape index (κ2) is 9.07. The first-order chi connectivity index (χ1) is 15.0. The summed E-state index contributed by atoms with van der Waals surface area (Å²) in [6.45, 7) is 1.37. The Hall–Kier alpha value is -3.55. The van der Waals surface area contributed by atoms with E-state index in [4.69, 9.17) is 0 Å². The summed E-state index contributed by atoms with van der Waals surface area (Å²) in [7, 11) is 0. The van der Waals surface area contributed by atoms with Crippen LogP contribution in [-0.2, 0) is 11.2 Å². The Labute approximate surface area is 178 Å². The van der Waals surface area contributed by atoms with Gasteiger partial charge < -0.3 is 10.2 Å². The third-order valence-corrected chi connectivity index (χ3v) is 5.51. The number of likely N-dealkylation sites (tertiary alicyclic amines) is 1. The van der Waals surface area contributed by atoms with E-state index in [0.29, 0.717) is 48.0 Å². The quantitative estimate of drug-likeness (QED) is 0.638. The van der Waals surface area contributed by atoms with Crippen molar-refractivity contribution in [2.45, 2.75) is 25.7 Å². The molecule has 160 valence electrons. The summed E-state index contributed by atoms with van der Waals surface area (Å²) in [6.07, 6.45) is 2.74. The lowest BCUT2D eigenvalue weighted by Crippen LogP contribution is -2.41. The van der Waals surface area contributed by atoms with Crippen LogP contribution in [0.15, 0.2) is 47.3 Å². The molecule has 0 radical (unpaired) electrons. The van der Waals surface area contributed by atoms with Crippen LogP contribution in [0.1, 0.15) is 40.9 Å². The molecule has 8 heteroatoms. The molecule has 2 amide bonds. The van der Waals surface area contributed by atoms with Gasteiger partial charge in [0.1, 0.15) is 5.82 Å². The molecule has 7 nitrogen and oxygen atoms in total. The number of benzene rings is 2. The zero-order valence-corrected chi connectivity index (χ0v) is 17.0. The molecule has 4 rings (SSSR count). The van der Waals surface area contributed by atoms with Gasteiger partial charge in [-0.05, 0) is 36.6 Å². The van der Waals surface area contributed by atoms with Crippen LogP contribution in [0, 0.1) is 5.82 Å². The van der Waals surface area contributed by atoms with Crippen molar-refractivity contribution in [3.05, 3.63) is 75.5 Å². The molecule has 0 unspecified atom stereocenters. The van der Waals surface area contributed by atoms with E-state index in [1.165, 1.54) is 12.1 Å². The summed E-state index contributed by atoms with van der Waals surface area (Å²) in [5.74, 6) is -1.05. The van der Waals surface area contributed by atoms with Crippen LogP contribution in [-0.4, -0.2) is 46.5 Å². The molecule has 1 aromatic heterocycles. The van der Waals surface area contributed by atoms with Gasteiger partial charge in [-0.25, -0.2) is 9.49 Å². The van der Waals surface area contributed by atoms with E-state index >= 15 is 0 Å². The Bertz CT molecular complexity index is 1190. The normalized spacial score (nSPS) is 14.1. The Kier molecular flexibility index (Phi) is 6.06. The maximum Gasteiger partial charge on any atom is 0.272 e. The Morgan fingerprint density at radius 3 is 2.74 bits per heavy atom. The zero-order chi connectivity index (χ0) is 21.8. The maximum atomic E-state index is 14.3. The highest BCUT2D eigenvalue weighted by molar-refractivity contribution is 5.94. The Balaban J connectivity index is 1.47. The molecular weight excluding hydrogens is 399 g/mol. The number of nitrogens with one attached hydrogen (secondary N) is 2. The van der Waals surface area contributed by atoms with Gasteiger partial charge in [0.25, 0.3) is 11.5 Å². The van der Waals surface area contributed by atoms with Crippen molar-refractivity contribution < 1.29 is 14.0 Å². The standard InChI is InChI=1S/C23H23FN4O3/c24-19-9-8-15(14-20-16-5-1-2-6-17(16)23(31)27-26-20)13-18(19)22(30)25-10-12-28-11-4-3-7-21(28)29/h1-2,5-6,8-9,13H,3-4,7,10-12,14H2,(H,25,30)(H,27,31). The van der Waals surface area contributed by atoms with Crippen LogP contribution in [0.25, 0.3) is 10.8 Å². The smallest absolute Gasteiger partial charge is 0.272 e. The van der Waals surface area contributed by atoms with E-state index in [0.717, 1.165) is 12.8 Å². The second-order valence-corrected chi connectivity index (χ2v) is 7.63. The topological polar surface area (TPSA) is 95.2 Å². The third-order valence-electron chi connectivity index (χ3n) is 5.51. The SMILES string of the molecule is O=C(NCCN1CCCCC1=O)c1cc(Cc2n[nH]c(=O)c3ccccc23)ccc1F. The summed E-state index contributed by atoms with van der Waals surface area (Å²) >= 11 is 0. The number of rotatable bonds is 6. The molecule has 2 aromatic carbocycles. The van der Waals surface area contributed by atoms with Crippen molar-refractivity contribution in [2.75, 3.05) is 19.6 Å². The van der Waals surface area contributed by atoms with Crippen molar-refractivity contribution in [1.82, 2.24) is 20.4 Å². The molecule has 0 atom stereocenters. The number of hydrogen-bond acceptors (Lipinski definition) is 4. The minimum Gasteiger partial charge on any atom is -0.350 e. The number of fused-ring (bicyclic) bond motifs is 1. The number of amides is 2. The second-order valence-electron chi connectivity index (χ2n) is 7.63. The van der Waals surface area contributed by atoms with Gasteiger partial charge in [0.05, 0.1) is 16.6 Å². The fraction of sp³-hybridized carbons (Fsp3) is 0.304. The molecule has 0 spiro atoms. The van der Waals surface area contributed by atoms with Crippen LogP contribution < -0.4 is 10.9 Å². The summed E-state index contributed by atoms with van der Waals surface area (Å²) < 4.78 is 14.3. The van der Waals surface area contributed by atoms with Crippen LogP contribution in [0.5, 0.6) is 0 Å². The first-order valence-corrected chi connectivity index (χ1v) is 10.3. The molecule has 1 fully saturated rings. The molecule has 1 aliphatic rings. The fourth-order valence-corrected chi connectivity index (χ4v) is 3.85. The molecule has 0 aliphatic carbocycles. The van der Waals surface area contributed by atoms with Gasteiger partial charge in [-0.3, -0.25) is 14.4 Å². The van der Waals surface area contributed by atoms with Gasteiger partial charge in [0, 0.05) is 37.9 Å². The van der Waals surface area contributed by atoms with Gasteiger partial charge >= 0.3 is 0 Å². The number of piperidine rings is 1. The maximum absolute atomic E-state index is 14.3. The monoisotopic (exact) mass is 422 g/mol. The summed E-state index contributed by atoms with van der Waals surface area (Å²) in [5, 5.41) is 10.6. The first kappa shape index (κ1) is 20.7. The summed E-state index contributed by atoms with van der Waals surface area (Å²) in [6, 6.07) is 11.5. The van der Waals surface area contributed by atoms with Crippen molar-refractivity contribution in [1.29, 1.82) is 0 Å². The van der Waals surface area contributed by atoms with E-state index < -0.39 is 11.7 Å². The van der Waals surface area contributed by atoms with Gasteiger partial charge in [-0.2, -0.15) is 5.10 Å². The molecule has 0 saturated carbocycles. The van der Waals surface area contributed by atoms with Crippen LogP contribution >= 0.6 is 0 Å². The fourth-order valence-electron chi connectivity index (χ4n) is 3.85. The minimum atomic E-state index is -0.616. The van der Waals surface area contributed by atoms with Gasteiger partial charge in [-0.15, -0.1) is 0 Å². The lowest BCUT2D eigenvalue weighted by Gasteiger charge is -2.26. The van der Waals surface area contributed by atoms with Crippen molar-refractivity contribution >= 4 is 22.6 Å². The van der Waals surface area contributed by atoms with E-state index in [2.05, 4.69) is 15.5 Å². The van der Waals surface area contributed by atoms with Gasteiger partial charge in [0.2, 0.25) is 5.91 Å². The van der Waals surface area contributed by atoms with E-state index in [-0.39, 0.29) is 23.6 Å². The number of carbonyl (C=O) groups excluding carboxylic acids is 2. The largest absolute Gasteiger partial charge is 0.350 e. The molecule has 31 heavy (non-hydrogen) atoms. The lowest BCUT2D eigenvalue weighted by molar-refractivity contribution is -0.133. The minimum absolute atomic E-state index is 0.0591. The Morgan fingerprint density at radius 1 is 1.13 bits per heavy atom. The highest BCUT2D eigenvalue weighted by atomic mass is 19.1.